The molecule has 0 unspecified atom stereocenters. The van der Waals surface area contributed by atoms with Crippen molar-refractivity contribution in [1.29, 1.82) is 5.26 Å². The molecule has 8 nitrogen and oxygen atoms in total. The molecule has 0 aromatic heterocycles. The summed E-state index contributed by atoms with van der Waals surface area (Å²) in [6.07, 6.45) is 0.998. The minimum absolute atomic E-state index is 0.402. The van der Waals surface area contributed by atoms with Crippen LogP contribution in [0.15, 0.2) is 18.2 Å². The van der Waals surface area contributed by atoms with Crippen molar-refractivity contribution in [3.05, 3.63) is 23.8 Å². The summed E-state index contributed by atoms with van der Waals surface area (Å²) in [5.74, 6) is 0. The number of aryl methyl sites for hydroxylation is 1. The molecule has 1 amide bonds. The number of nitriles is 1. The van der Waals surface area contributed by atoms with Crippen LogP contribution in [-0.4, -0.2) is 55.6 Å². The van der Waals surface area contributed by atoms with Crippen LogP contribution in [0.5, 0.6) is 0 Å². The number of alkyl carbamates (subject to hydrolysis) is 1. The second kappa shape index (κ2) is 8.67. The van der Waals surface area contributed by atoms with Gasteiger partial charge in [-0.05, 0) is 0 Å². The number of anilines is 2. The normalized spacial score (nSPS) is 14.9. The van der Waals surface area contributed by atoms with Gasteiger partial charge in [0.25, 0.3) is 0 Å². The van der Waals surface area contributed by atoms with Crippen LogP contribution in [0.1, 0.15) is 26.3 Å². The zero-order valence-electron chi connectivity index (χ0n) is 16.3. The van der Waals surface area contributed by atoms with Gasteiger partial charge in [-0.1, -0.05) is 0 Å². The van der Waals surface area contributed by atoms with Gasteiger partial charge in [0.1, 0.15) is 0 Å². The number of carbonyl (C=O) groups is 1. The quantitative estimate of drug-likeness (QED) is 0.469. The number of hydrogen-bond donors (Lipinski definition) is 2. The molecule has 0 aliphatic carbocycles. The van der Waals surface area contributed by atoms with Crippen LogP contribution in [0.25, 0.3) is 0 Å². The third-order valence-electron chi connectivity index (χ3n) is 4.03. The second-order valence-electron chi connectivity index (χ2n) is 7.36. The van der Waals surface area contributed by atoms with E-state index in [0.717, 1.165) is 30.0 Å². The molecule has 0 saturated carbocycles. The molecule has 0 spiro atoms. The molecule has 2 rings (SSSR count). The van der Waals surface area contributed by atoms with Crippen LogP contribution < -0.4 is 16.0 Å². The van der Waals surface area contributed by atoms with Gasteiger partial charge in [0.15, 0.2) is 0 Å². The summed E-state index contributed by atoms with van der Waals surface area (Å²) in [5.41, 5.74) is 8.63. The van der Waals surface area contributed by atoms with E-state index in [-0.39, 0.29) is 0 Å². The van der Waals surface area contributed by atoms with E-state index in [1.165, 1.54) is 7.12 Å². The van der Waals surface area contributed by atoms with E-state index in [4.69, 9.17) is 20.4 Å². The monoisotopic (exact) mass is 371 g/mol. The van der Waals surface area contributed by atoms with Crippen LogP contribution in [0.3, 0.4) is 0 Å². The first-order valence-electron chi connectivity index (χ1n) is 8.80. The summed E-state index contributed by atoms with van der Waals surface area (Å²) in [6.45, 7) is 10.2. The van der Waals surface area contributed by atoms with Crippen molar-refractivity contribution in [3.8, 4) is 6.26 Å². The molecule has 0 bridgehead atoms. The Bertz CT molecular complexity index is 746. The summed E-state index contributed by atoms with van der Waals surface area (Å²) in [6, 6.07) is 5.87. The van der Waals surface area contributed by atoms with Crippen LogP contribution in [-0.2, 0) is 9.39 Å². The molecule has 1 aromatic carbocycles. The van der Waals surface area contributed by atoms with E-state index in [2.05, 4.69) is 10.2 Å². The summed E-state index contributed by atoms with van der Waals surface area (Å²) >= 11 is 0. The molecular formula is C18H26BN5O3. The van der Waals surface area contributed by atoms with Crippen LogP contribution in [0, 0.1) is 18.4 Å². The van der Waals surface area contributed by atoms with Gasteiger partial charge < -0.3 is 0 Å². The Morgan fingerprint density at radius 3 is 2.52 bits per heavy atom. The maximum absolute atomic E-state index is 12.1. The van der Waals surface area contributed by atoms with Gasteiger partial charge >= 0.3 is 160 Å². The number of nitrogens with one attached hydrogen (secondary N) is 1. The molecule has 1 saturated heterocycles. The number of rotatable bonds is 4. The van der Waals surface area contributed by atoms with Crippen molar-refractivity contribution in [2.45, 2.75) is 33.3 Å². The molecule has 1 aliphatic rings. The number of piperazine rings is 1. The Kier molecular flexibility index (Phi) is 6.56. The molecule has 1 fully saturated rings. The number of nitrogen functional groups attached to an aromatic ring is 1. The SMILES string of the molecule is Cc1cc(N)ccc1N1CCN(C(=BOC#N)NC(=O)OC(C)(C)C)CC1. The van der Waals surface area contributed by atoms with Crippen molar-refractivity contribution < 1.29 is 14.2 Å². The number of nitrogens with zero attached hydrogens (tertiary/aromatic N) is 3. The van der Waals surface area contributed by atoms with Crippen LogP contribution in [0.2, 0.25) is 0 Å². The number of amides is 1. The topological polar surface area (TPSA) is 104 Å². The molecule has 0 radical (unpaired) electrons. The summed E-state index contributed by atoms with van der Waals surface area (Å²) in [4.78, 5) is 16.3. The first-order chi connectivity index (χ1) is 12.7. The molecular weight excluding hydrogens is 345 g/mol. The predicted octanol–water partition coefficient (Wildman–Crippen LogP) is 1.43. The standard InChI is InChI=1S/C18H26BN5O3/c1-13-11-14(21)5-6-15(13)23-7-9-24(10-8-23)16(19-26-12-20)22-17(25)27-18(2,3)4/h5-6,11H,7-10,21H2,1-4H3,(H,22,25). The zero-order chi connectivity index (χ0) is 20.0. The molecule has 27 heavy (non-hydrogen) atoms. The third kappa shape index (κ3) is 6.10. The molecule has 0 atom stereocenters. The summed E-state index contributed by atoms with van der Waals surface area (Å²) < 4.78 is 10.0. The Hall–Kier alpha value is -2.89. The number of hydrogen-bond acceptors (Lipinski definition) is 7. The Labute approximate surface area is 160 Å². The average molecular weight is 371 g/mol. The van der Waals surface area contributed by atoms with Crippen molar-refractivity contribution in [3.63, 3.8) is 0 Å². The van der Waals surface area contributed by atoms with Gasteiger partial charge in [0.2, 0.25) is 0 Å². The number of nitrogens with two attached hydrogens (primary N) is 1. The average Bonchev–Trinajstić information content (AvgIpc) is 2.57. The van der Waals surface area contributed by atoms with E-state index in [1.54, 1.807) is 27.0 Å². The summed E-state index contributed by atoms with van der Waals surface area (Å²) in [7, 11) is 1.23. The van der Waals surface area contributed by atoms with Gasteiger partial charge in [-0.2, -0.15) is 0 Å². The second-order valence-corrected chi connectivity index (χ2v) is 7.36. The van der Waals surface area contributed by atoms with E-state index < -0.39 is 11.7 Å². The van der Waals surface area contributed by atoms with E-state index >= 15 is 0 Å². The van der Waals surface area contributed by atoms with Crippen molar-refractivity contribution >= 4 is 30.3 Å². The Morgan fingerprint density at radius 2 is 1.96 bits per heavy atom. The fourth-order valence-corrected chi connectivity index (χ4v) is 2.90. The van der Waals surface area contributed by atoms with Gasteiger partial charge in [0.05, 0.1) is 0 Å². The van der Waals surface area contributed by atoms with Gasteiger partial charge in [-0.15, -0.1) is 0 Å². The predicted molar refractivity (Wildman–Crippen MR) is 106 cm³/mol. The zero-order valence-corrected chi connectivity index (χ0v) is 16.3. The number of carbonyl (C=O) groups excluding carboxylic acids is 1. The van der Waals surface area contributed by atoms with Gasteiger partial charge in [-0.3, -0.25) is 0 Å². The molecule has 144 valence electrons. The maximum atomic E-state index is 12.1. The summed E-state index contributed by atoms with van der Waals surface area (Å²) in [5, 5.41) is 11.3. The Morgan fingerprint density at radius 1 is 1.30 bits per heavy atom. The number of benzene rings is 1. The van der Waals surface area contributed by atoms with Crippen molar-refractivity contribution in [2.75, 3.05) is 36.8 Å². The third-order valence-corrected chi connectivity index (χ3v) is 4.03. The first kappa shape index (κ1) is 20.4. The first-order valence-corrected chi connectivity index (χ1v) is 8.80. The fourth-order valence-electron chi connectivity index (χ4n) is 2.90. The Balaban J connectivity index is 2.03. The van der Waals surface area contributed by atoms with E-state index in [1.807, 2.05) is 30.0 Å². The van der Waals surface area contributed by atoms with Crippen molar-refractivity contribution in [1.82, 2.24) is 10.2 Å². The molecule has 9 heteroatoms. The van der Waals surface area contributed by atoms with E-state index in [0.29, 0.717) is 18.8 Å². The molecule has 3 N–H and O–H groups in total. The fraction of sp³-hybridized carbons (Fsp3) is 0.500. The van der Waals surface area contributed by atoms with E-state index in [9.17, 15) is 4.79 Å². The molecule has 1 aromatic rings. The van der Waals surface area contributed by atoms with Crippen molar-refractivity contribution in [2.24, 2.45) is 0 Å². The molecule has 1 aliphatic heterocycles. The molecule has 1 heterocycles. The van der Waals surface area contributed by atoms with Crippen LogP contribution in [0.4, 0.5) is 16.2 Å². The minimum atomic E-state index is -0.614. The van der Waals surface area contributed by atoms with Gasteiger partial charge in [-0.25, -0.2) is 0 Å². The van der Waals surface area contributed by atoms with Crippen LogP contribution >= 0.6 is 0 Å². The number of ether oxygens (including phenoxy) is 1. The van der Waals surface area contributed by atoms with Gasteiger partial charge in [0, 0.05) is 0 Å².